The number of hydrogen-bond acceptors (Lipinski definition) is 3. The average Bonchev–Trinajstić information content (AvgIpc) is 2.00. The molecule has 0 aromatic heterocycles. The summed E-state index contributed by atoms with van der Waals surface area (Å²) >= 11 is 5.77. The van der Waals surface area contributed by atoms with Crippen LogP contribution in [0.5, 0.6) is 0 Å². The number of nitrogens with one attached hydrogen (secondary N) is 1. The average molecular weight is 207 g/mol. The molecule has 0 saturated carbocycles. The normalized spacial score (nSPS) is 14.1. The summed E-state index contributed by atoms with van der Waals surface area (Å²) in [6.07, 6.45) is 2.04. The highest BCUT2D eigenvalue weighted by Crippen LogP contribution is 2.19. The molecule has 12 heavy (non-hydrogen) atoms. The highest BCUT2D eigenvalue weighted by molar-refractivity contribution is 7.99. The molecule has 0 aliphatic heterocycles. The van der Waals surface area contributed by atoms with E-state index in [-0.39, 0.29) is 15.9 Å². The van der Waals surface area contributed by atoms with Gasteiger partial charge in [0, 0.05) is 11.3 Å². The van der Waals surface area contributed by atoms with Crippen molar-refractivity contribution in [3.05, 3.63) is 0 Å². The summed E-state index contributed by atoms with van der Waals surface area (Å²) in [5, 5.41) is 2.62. The summed E-state index contributed by atoms with van der Waals surface area (Å²) < 4.78 is 0.109. The SMILES string of the molecule is CSC(C)(C)CNC(=O)C(C)S. The minimum Gasteiger partial charge on any atom is -0.354 e. The van der Waals surface area contributed by atoms with Crippen molar-refractivity contribution in [3.8, 4) is 0 Å². The fourth-order valence-electron chi connectivity index (χ4n) is 0.520. The Hall–Kier alpha value is 0.170. The number of carbonyl (C=O) groups is 1. The standard InChI is InChI=1S/C8H17NOS2/c1-6(11)7(10)9-5-8(2,3)12-4/h6,11H,5H2,1-4H3,(H,9,10). The number of rotatable bonds is 4. The van der Waals surface area contributed by atoms with E-state index in [1.54, 1.807) is 18.7 Å². The van der Waals surface area contributed by atoms with Crippen LogP contribution in [0.25, 0.3) is 0 Å². The van der Waals surface area contributed by atoms with Crippen molar-refractivity contribution in [2.75, 3.05) is 12.8 Å². The molecule has 1 N–H and O–H groups in total. The van der Waals surface area contributed by atoms with E-state index in [4.69, 9.17) is 0 Å². The van der Waals surface area contributed by atoms with Crippen LogP contribution < -0.4 is 5.32 Å². The first-order valence-corrected chi connectivity index (χ1v) is 5.64. The topological polar surface area (TPSA) is 29.1 Å². The largest absolute Gasteiger partial charge is 0.354 e. The van der Waals surface area contributed by atoms with Crippen LogP contribution in [0.3, 0.4) is 0 Å². The maximum absolute atomic E-state index is 11.1. The molecule has 0 radical (unpaired) electrons. The van der Waals surface area contributed by atoms with Crippen LogP contribution in [0, 0.1) is 0 Å². The highest BCUT2D eigenvalue weighted by atomic mass is 32.2. The lowest BCUT2D eigenvalue weighted by atomic mass is 10.2. The second-order valence-corrected chi connectivity index (χ2v) is 5.65. The van der Waals surface area contributed by atoms with E-state index in [1.807, 2.05) is 6.26 Å². The predicted octanol–water partition coefficient (Wildman–Crippen LogP) is 1.56. The van der Waals surface area contributed by atoms with Gasteiger partial charge in [0.15, 0.2) is 0 Å². The zero-order valence-electron chi connectivity index (χ0n) is 8.05. The zero-order chi connectivity index (χ0) is 9.78. The molecule has 0 saturated heterocycles. The van der Waals surface area contributed by atoms with E-state index in [9.17, 15) is 4.79 Å². The van der Waals surface area contributed by atoms with Crippen molar-refractivity contribution in [3.63, 3.8) is 0 Å². The third-order valence-corrected chi connectivity index (χ3v) is 3.10. The summed E-state index contributed by atoms with van der Waals surface area (Å²) in [5.74, 6) is 0.000424. The van der Waals surface area contributed by atoms with Gasteiger partial charge in [0.05, 0.1) is 5.25 Å². The molecule has 0 heterocycles. The summed E-state index contributed by atoms with van der Waals surface area (Å²) in [6.45, 7) is 6.66. The molecule has 1 amide bonds. The summed E-state index contributed by atoms with van der Waals surface area (Å²) in [6, 6.07) is 0. The molecule has 0 aliphatic carbocycles. The van der Waals surface area contributed by atoms with E-state index in [0.717, 1.165) is 0 Å². The summed E-state index contributed by atoms with van der Waals surface area (Å²) in [7, 11) is 0. The second-order valence-electron chi connectivity index (χ2n) is 3.36. The molecule has 72 valence electrons. The Balaban J connectivity index is 3.76. The van der Waals surface area contributed by atoms with E-state index >= 15 is 0 Å². The number of hydrogen-bond donors (Lipinski definition) is 2. The first-order valence-electron chi connectivity index (χ1n) is 3.90. The van der Waals surface area contributed by atoms with Gasteiger partial charge in [-0.1, -0.05) is 0 Å². The maximum atomic E-state index is 11.1. The fourth-order valence-corrected chi connectivity index (χ4v) is 0.828. The van der Waals surface area contributed by atoms with Crippen LogP contribution in [0.1, 0.15) is 20.8 Å². The van der Waals surface area contributed by atoms with E-state index in [1.165, 1.54) is 0 Å². The first-order chi connectivity index (χ1) is 5.39. The molecule has 2 nitrogen and oxygen atoms in total. The number of thiol groups is 1. The number of carbonyl (C=O) groups excluding carboxylic acids is 1. The lowest BCUT2D eigenvalue weighted by Crippen LogP contribution is -2.39. The monoisotopic (exact) mass is 207 g/mol. The van der Waals surface area contributed by atoms with Crippen molar-refractivity contribution in [2.24, 2.45) is 0 Å². The van der Waals surface area contributed by atoms with Gasteiger partial charge in [0.25, 0.3) is 0 Å². The molecule has 0 aromatic carbocycles. The summed E-state index contributed by atoms with van der Waals surface area (Å²) in [4.78, 5) is 11.1. The highest BCUT2D eigenvalue weighted by Gasteiger charge is 2.17. The Morgan fingerprint density at radius 1 is 1.67 bits per heavy atom. The quantitative estimate of drug-likeness (QED) is 0.685. The van der Waals surface area contributed by atoms with Gasteiger partial charge in [-0.15, -0.1) is 0 Å². The predicted molar refractivity (Wildman–Crippen MR) is 59.1 cm³/mol. The van der Waals surface area contributed by atoms with Crippen LogP contribution in [0.2, 0.25) is 0 Å². The van der Waals surface area contributed by atoms with Crippen LogP contribution >= 0.6 is 24.4 Å². The Morgan fingerprint density at radius 2 is 2.17 bits per heavy atom. The van der Waals surface area contributed by atoms with Crippen LogP contribution in [0.4, 0.5) is 0 Å². The molecule has 4 heteroatoms. The van der Waals surface area contributed by atoms with E-state index in [0.29, 0.717) is 6.54 Å². The molecule has 0 spiro atoms. The fraction of sp³-hybridized carbons (Fsp3) is 0.875. The number of amides is 1. The molecule has 0 aromatic rings. The van der Waals surface area contributed by atoms with Crippen molar-refractivity contribution < 1.29 is 4.79 Å². The van der Waals surface area contributed by atoms with Gasteiger partial charge in [0.1, 0.15) is 0 Å². The lowest BCUT2D eigenvalue weighted by molar-refractivity contribution is -0.120. The van der Waals surface area contributed by atoms with E-state index in [2.05, 4.69) is 31.8 Å². The second kappa shape index (κ2) is 5.02. The van der Waals surface area contributed by atoms with Crippen molar-refractivity contribution in [2.45, 2.75) is 30.8 Å². The van der Waals surface area contributed by atoms with Gasteiger partial charge in [-0.2, -0.15) is 24.4 Å². The Kier molecular flexibility index (Phi) is 5.09. The minimum atomic E-state index is -0.220. The molecule has 0 bridgehead atoms. The third kappa shape index (κ3) is 4.93. The smallest absolute Gasteiger partial charge is 0.232 e. The van der Waals surface area contributed by atoms with Crippen molar-refractivity contribution in [1.29, 1.82) is 0 Å². The summed E-state index contributed by atoms with van der Waals surface area (Å²) in [5.41, 5.74) is 0. The molecule has 0 aliphatic rings. The van der Waals surface area contributed by atoms with Crippen molar-refractivity contribution in [1.82, 2.24) is 5.32 Å². The van der Waals surface area contributed by atoms with Crippen LogP contribution in [-0.4, -0.2) is 28.7 Å². The van der Waals surface area contributed by atoms with Crippen LogP contribution in [0.15, 0.2) is 0 Å². The molecular formula is C8H17NOS2. The maximum Gasteiger partial charge on any atom is 0.232 e. The minimum absolute atomic E-state index is 0.000424. The Bertz CT molecular complexity index is 157. The Morgan fingerprint density at radius 3 is 2.50 bits per heavy atom. The van der Waals surface area contributed by atoms with Gasteiger partial charge < -0.3 is 5.32 Å². The molecule has 1 atom stereocenters. The number of thioether (sulfide) groups is 1. The van der Waals surface area contributed by atoms with Gasteiger partial charge in [-0.25, -0.2) is 0 Å². The van der Waals surface area contributed by atoms with Gasteiger partial charge >= 0.3 is 0 Å². The van der Waals surface area contributed by atoms with Crippen LogP contribution in [-0.2, 0) is 4.79 Å². The molecular weight excluding hydrogens is 190 g/mol. The molecule has 0 rings (SSSR count). The van der Waals surface area contributed by atoms with Crippen molar-refractivity contribution >= 4 is 30.3 Å². The molecule has 1 unspecified atom stereocenters. The van der Waals surface area contributed by atoms with E-state index < -0.39 is 0 Å². The van der Waals surface area contributed by atoms with Gasteiger partial charge in [-0.05, 0) is 27.0 Å². The molecule has 0 fully saturated rings. The lowest BCUT2D eigenvalue weighted by Gasteiger charge is -2.22. The Labute approximate surface area is 84.3 Å². The van der Waals surface area contributed by atoms with Gasteiger partial charge in [0.2, 0.25) is 5.91 Å². The third-order valence-electron chi connectivity index (χ3n) is 1.62. The first kappa shape index (κ1) is 12.2. The van der Waals surface area contributed by atoms with Gasteiger partial charge in [-0.3, -0.25) is 4.79 Å². The zero-order valence-corrected chi connectivity index (χ0v) is 9.76.